The van der Waals surface area contributed by atoms with Crippen molar-refractivity contribution in [2.45, 2.75) is 6.92 Å². The Hall–Kier alpha value is -2.45. The quantitative estimate of drug-likeness (QED) is 0.756. The van der Waals surface area contributed by atoms with E-state index in [0.717, 1.165) is 34.3 Å². The molecule has 1 aromatic carbocycles. The Morgan fingerprint density at radius 3 is 2.92 bits per heavy atom. The van der Waals surface area contributed by atoms with Crippen LogP contribution >= 0.6 is 11.3 Å². The van der Waals surface area contributed by atoms with Gasteiger partial charge in [0.15, 0.2) is 16.8 Å². The number of nitrogen functional groups attached to an aromatic ring is 1. The molecule has 0 aliphatic carbocycles. The van der Waals surface area contributed by atoms with Gasteiger partial charge in [-0.2, -0.15) is 0 Å². The average Bonchev–Trinajstić information content (AvgIpc) is 2.99. The number of hydrogen-bond donors (Lipinski definition) is 2. The second kappa shape index (κ2) is 6.21. The number of hydrogen-bond acceptors (Lipinski definition) is 8. The Bertz CT molecular complexity index is 874. The van der Waals surface area contributed by atoms with Gasteiger partial charge in [-0.3, -0.25) is 0 Å². The lowest BCUT2D eigenvalue weighted by Crippen LogP contribution is -2.37. The molecule has 0 saturated carbocycles. The molecule has 4 rings (SSSR count). The van der Waals surface area contributed by atoms with E-state index in [1.165, 1.54) is 11.9 Å². The first kappa shape index (κ1) is 15.1. The maximum Gasteiger partial charge on any atom is 0.189 e. The molecule has 3 aromatic rings. The minimum Gasteiger partial charge on any atom is -0.393 e. The Labute approximate surface area is 143 Å². The molecule has 0 radical (unpaired) electrons. The van der Waals surface area contributed by atoms with Gasteiger partial charge >= 0.3 is 0 Å². The van der Waals surface area contributed by atoms with Crippen LogP contribution in [-0.4, -0.2) is 41.3 Å². The van der Waals surface area contributed by atoms with E-state index >= 15 is 0 Å². The first-order valence-corrected chi connectivity index (χ1v) is 8.60. The molecule has 0 atom stereocenters. The standard InChI is InChI=1S/C16H18N6OS/c1-10-2-3-11-12(8-10)24-16(20-11)21-14-13(17)15(19-9-18-14)22-4-6-23-7-5-22/h2-3,8-9H,4-7,17H2,1H3,(H,18,19,20,21). The number of aromatic nitrogens is 3. The summed E-state index contributed by atoms with van der Waals surface area (Å²) in [6, 6.07) is 6.21. The largest absolute Gasteiger partial charge is 0.393 e. The highest BCUT2D eigenvalue weighted by molar-refractivity contribution is 7.22. The number of thiazole rings is 1. The van der Waals surface area contributed by atoms with Crippen LogP contribution in [0, 0.1) is 6.92 Å². The number of anilines is 4. The summed E-state index contributed by atoms with van der Waals surface area (Å²) in [5, 5.41) is 4.01. The SMILES string of the molecule is Cc1ccc2nc(Nc3ncnc(N4CCOCC4)c3N)sc2c1. The Kier molecular flexibility index (Phi) is 3.91. The third-order valence-corrected chi connectivity index (χ3v) is 4.88. The van der Waals surface area contributed by atoms with Crippen LogP contribution < -0.4 is 16.0 Å². The zero-order valence-corrected chi connectivity index (χ0v) is 14.1. The van der Waals surface area contributed by atoms with Crippen molar-refractivity contribution in [3.63, 3.8) is 0 Å². The van der Waals surface area contributed by atoms with E-state index in [9.17, 15) is 0 Å². The van der Waals surface area contributed by atoms with E-state index in [-0.39, 0.29) is 0 Å². The summed E-state index contributed by atoms with van der Waals surface area (Å²) in [5.74, 6) is 1.33. The maximum atomic E-state index is 6.29. The van der Waals surface area contributed by atoms with Crippen molar-refractivity contribution in [2.75, 3.05) is 42.3 Å². The third-order valence-electron chi connectivity index (χ3n) is 3.94. The van der Waals surface area contributed by atoms with E-state index in [1.807, 2.05) is 6.07 Å². The highest BCUT2D eigenvalue weighted by Crippen LogP contribution is 2.32. The van der Waals surface area contributed by atoms with Crippen molar-refractivity contribution >= 4 is 44.0 Å². The number of benzene rings is 1. The maximum absolute atomic E-state index is 6.29. The lowest BCUT2D eigenvalue weighted by Gasteiger charge is -2.28. The van der Waals surface area contributed by atoms with Crippen molar-refractivity contribution in [3.05, 3.63) is 30.1 Å². The molecule has 0 unspecified atom stereocenters. The molecule has 0 bridgehead atoms. The molecule has 1 aliphatic heterocycles. The molecule has 3 heterocycles. The summed E-state index contributed by atoms with van der Waals surface area (Å²) < 4.78 is 6.52. The van der Waals surface area contributed by atoms with Crippen molar-refractivity contribution in [1.29, 1.82) is 0 Å². The molecule has 0 spiro atoms. The van der Waals surface area contributed by atoms with Gasteiger partial charge in [0.25, 0.3) is 0 Å². The second-order valence-electron chi connectivity index (χ2n) is 5.67. The van der Waals surface area contributed by atoms with E-state index in [1.54, 1.807) is 11.3 Å². The Morgan fingerprint density at radius 1 is 1.25 bits per heavy atom. The number of rotatable bonds is 3. The lowest BCUT2D eigenvalue weighted by atomic mass is 10.2. The first-order valence-electron chi connectivity index (χ1n) is 7.78. The topological polar surface area (TPSA) is 89.2 Å². The third kappa shape index (κ3) is 2.85. The van der Waals surface area contributed by atoms with Crippen LogP contribution in [0.4, 0.5) is 22.5 Å². The number of ether oxygens (including phenoxy) is 1. The van der Waals surface area contributed by atoms with E-state index < -0.39 is 0 Å². The fourth-order valence-corrected chi connectivity index (χ4v) is 3.66. The number of nitrogens with one attached hydrogen (secondary N) is 1. The molecule has 3 N–H and O–H groups in total. The van der Waals surface area contributed by atoms with Gasteiger partial charge in [0.1, 0.15) is 12.0 Å². The minimum atomic E-state index is 0.537. The second-order valence-corrected chi connectivity index (χ2v) is 6.70. The predicted octanol–water partition coefficient (Wildman–Crippen LogP) is 2.56. The average molecular weight is 342 g/mol. The minimum absolute atomic E-state index is 0.537. The van der Waals surface area contributed by atoms with Crippen LogP contribution in [-0.2, 0) is 4.74 Å². The lowest BCUT2D eigenvalue weighted by molar-refractivity contribution is 0.122. The van der Waals surface area contributed by atoms with Gasteiger partial charge in [0, 0.05) is 13.1 Å². The molecule has 24 heavy (non-hydrogen) atoms. The molecule has 1 saturated heterocycles. The highest BCUT2D eigenvalue weighted by Gasteiger charge is 2.18. The van der Waals surface area contributed by atoms with Crippen LogP contribution in [0.25, 0.3) is 10.2 Å². The Morgan fingerprint density at radius 2 is 2.08 bits per heavy atom. The molecular weight excluding hydrogens is 324 g/mol. The summed E-state index contributed by atoms with van der Waals surface area (Å²) in [5.41, 5.74) is 9.01. The van der Waals surface area contributed by atoms with Gasteiger partial charge in [0.2, 0.25) is 0 Å². The van der Waals surface area contributed by atoms with Gasteiger partial charge in [-0.1, -0.05) is 17.4 Å². The molecular formula is C16H18N6OS. The number of nitrogens with zero attached hydrogens (tertiary/aromatic N) is 4. The van der Waals surface area contributed by atoms with Crippen LogP contribution in [0.1, 0.15) is 5.56 Å². The number of nitrogens with two attached hydrogens (primary N) is 1. The number of morpholine rings is 1. The molecule has 1 aliphatic rings. The molecule has 7 nitrogen and oxygen atoms in total. The van der Waals surface area contributed by atoms with Gasteiger partial charge in [-0.15, -0.1) is 0 Å². The molecule has 124 valence electrons. The number of aryl methyl sites for hydroxylation is 1. The summed E-state index contributed by atoms with van der Waals surface area (Å²) >= 11 is 1.58. The van der Waals surface area contributed by atoms with E-state index in [2.05, 4.69) is 44.2 Å². The Balaban J connectivity index is 1.63. The summed E-state index contributed by atoms with van der Waals surface area (Å²) in [4.78, 5) is 15.3. The van der Waals surface area contributed by atoms with E-state index in [0.29, 0.717) is 24.7 Å². The molecule has 2 aromatic heterocycles. The summed E-state index contributed by atoms with van der Waals surface area (Å²) in [6.45, 7) is 5.00. The van der Waals surface area contributed by atoms with Crippen molar-refractivity contribution in [2.24, 2.45) is 0 Å². The molecule has 0 amide bonds. The normalized spacial score (nSPS) is 15.0. The van der Waals surface area contributed by atoms with E-state index in [4.69, 9.17) is 10.5 Å². The van der Waals surface area contributed by atoms with Gasteiger partial charge in [-0.05, 0) is 24.6 Å². The fourth-order valence-electron chi connectivity index (χ4n) is 2.70. The predicted molar refractivity (Wildman–Crippen MR) is 97.1 cm³/mol. The fraction of sp³-hybridized carbons (Fsp3) is 0.312. The first-order chi connectivity index (χ1) is 11.7. The smallest absolute Gasteiger partial charge is 0.189 e. The highest BCUT2D eigenvalue weighted by atomic mass is 32.1. The monoisotopic (exact) mass is 342 g/mol. The van der Waals surface area contributed by atoms with Crippen LogP contribution in [0.2, 0.25) is 0 Å². The number of fused-ring (bicyclic) bond motifs is 1. The van der Waals surface area contributed by atoms with Gasteiger partial charge in [-0.25, -0.2) is 15.0 Å². The molecule has 1 fully saturated rings. The van der Waals surface area contributed by atoms with Crippen LogP contribution in [0.3, 0.4) is 0 Å². The zero-order chi connectivity index (χ0) is 16.5. The van der Waals surface area contributed by atoms with Crippen molar-refractivity contribution in [3.8, 4) is 0 Å². The molecule has 8 heteroatoms. The zero-order valence-electron chi connectivity index (χ0n) is 13.3. The van der Waals surface area contributed by atoms with Gasteiger partial charge in [0.05, 0.1) is 23.4 Å². The summed E-state index contributed by atoms with van der Waals surface area (Å²) in [6.07, 6.45) is 1.53. The van der Waals surface area contributed by atoms with Crippen molar-refractivity contribution < 1.29 is 4.74 Å². The van der Waals surface area contributed by atoms with Crippen LogP contribution in [0.5, 0.6) is 0 Å². The van der Waals surface area contributed by atoms with Crippen molar-refractivity contribution in [1.82, 2.24) is 15.0 Å². The van der Waals surface area contributed by atoms with Gasteiger partial charge < -0.3 is 20.7 Å². The van der Waals surface area contributed by atoms with Crippen LogP contribution in [0.15, 0.2) is 24.5 Å². The summed E-state index contributed by atoms with van der Waals surface area (Å²) in [7, 11) is 0.